The highest BCUT2D eigenvalue weighted by atomic mass is 19.1. The Bertz CT molecular complexity index is 626. The van der Waals surface area contributed by atoms with E-state index in [0.717, 1.165) is 17.7 Å². The Balaban J connectivity index is 2.53. The maximum absolute atomic E-state index is 13.4. The number of carboxylic acids is 1. The van der Waals surface area contributed by atoms with Crippen molar-refractivity contribution >= 4 is 5.97 Å². The lowest BCUT2D eigenvalue weighted by atomic mass is 9.75. The lowest BCUT2D eigenvalue weighted by Gasteiger charge is -2.28. The second-order valence-electron chi connectivity index (χ2n) is 4.91. The summed E-state index contributed by atoms with van der Waals surface area (Å²) in [6, 6.07) is 11.6. The molecule has 0 bridgehead atoms. The van der Waals surface area contributed by atoms with Crippen molar-refractivity contribution in [3.63, 3.8) is 0 Å². The highest BCUT2D eigenvalue weighted by Gasteiger charge is 2.40. The third-order valence-corrected chi connectivity index (χ3v) is 3.52. The molecular weight excluding hydrogens is 276 g/mol. The van der Waals surface area contributed by atoms with E-state index in [0.29, 0.717) is 6.07 Å². The van der Waals surface area contributed by atoms with Crippen molar-refractivity contribution < 1.29 is 18.7 Å². The molecule has 1 atom stereocenters. The highest BCUT2D eigenvalue weighted by Crippen LogP contribution is 2.29. The van der Waals surface area contributed by atoms with Gasteiger partial charge in [0.05, 0.1) is 0 Å². The number of benzene rings is 2. The topological polar surface area (TPSA) is 63.3 Å². The molecule has 0 aliphatic heterocycles. The Morgan fingerprint density at radius 1 is 1.10 bits per heavy atom. The fraction of sp³-hybridized carbons (Fsp3) is 0.188. The fourth-order valence-corrected chi connectivity index (χ4v) is 2.35. The third kappa shape index (κ3) is 3.08. The molecule has 2 rings (SSSR count). The minimum Gasteiger partial charge on any atom is -0.481 e. The van der Waals surface area contributed by atoms with Crippen LogP contribution in [0, 0.1) is 11.6 Å². The first-order valence-corrected chi connectivity index (χ1v) is 6.42. The molecule has 2 aromatic rings. The van der Waals surface area contributed by atoms with Crippen LogP contribution in [0.5, 0.6) is 0 Å². The van der Waals surface area contributed by atoms with E-state index < -0.39 is 23.0 Å². The van der Waals surface area contributed by atoms with Crippen LogP contribution >= 0.6 is 0 Å². The largest absolute Gasteiger partial charge is 0.481 e. The smallest absolute Gasteiger partial charge is 0.315 e. The summed E-state index contributed by atoms with van der Waals surface area (Å²) >= 11 is 0. The van der Waals surface area contributed by atoms with E-state index in [1.807, 2.05) is 0 Å². The molecule has 1 unspecified atom stereocenters. The molecular formula is C16H15F2NO2. The number of hydrogen-bond acceptors (Lipinski definition) is 2. The Kier molecular flexibility index (Phi) is 4.33. The predicted octanol–water partition coefficient (Wildman–Crippen LogP) is 2.49. The first-order valence-electron chi connectivity index (χ1n) is 6.42. The second kappa shape index (κ2) is 6.01. The van der Waals surface area contributed by atoms with E-state index in [1.165, 1.54) is 0 Å². The number of nitrogens with two attached hydrogens (primary N) is 1. The molecule has 0 aliphatic carbocycles. The normalized spacial score (nSPS) is 13.7. The quantitative estimate of drug-likeness (QED) is 0.889. The Labute approximate surface area is 121 Å². The molecule has 2 aromatic carbocycles. The molecule has 0 amide bonds. The maximum atomic E-state index is 13.4. The van der Waals surface area contributed by atoms with Gasteiger partial charge in [-0.15, -0.1) is 0 Å². The standard InChI is InChI=1S/C16H15F2NO2/c17-13-6-12(7-14(18)8-13)16(10-19,15(20)21)9-11-4-2-1-3-5-11/h1-8H,9-10,19H2,(H,20,21). The number of rotatable bonds is 5. The van der Waals surface area contributed by atoms with Crippen LogP contribution in [0.15, 0.2) is 48.5 Å². The molecule has 0 fully saturated rings. The van der Waals surface area contributed by atoms with E-state index in [2.05, 4.69) is 0 Å². The van der Waals surface area contributed by atoms with Gasteiger partial charge in [-0.25, -0.2) is 8.78 Å². The highest BCUT2D eigenvalue weighted by molar-refractivity contribution is 5.82. The molecule has 0 heterocycles. The summed E-state index contributed by atoms with van der Waals surface area (Å²) in [7, 11) is 0. The monoisotopic (exact) mass is 291 g/mol. The molecule has 0 saturated carbocycles. The van der Waals surface area contributed by atoms with Crippen LogP contribution in [0.2, 0.25) is 0 Å². The van der Waals surface area contributed by atoms with Crippen LogP contribution in [0.3, 0.4) is 0 Å². The van der Waals surface area contributed by atoms with Gasteiger partial charge in [0.1, 0.15) is 17.0 Å². The number of halogens is 2. The molecule has 110 valence electrons. The van der Waals surface area contributed by atoms with E-state index in [1.54, 1.807) is 30.3 Å². The molecule has 3 N–H and O–H groups in total. The van der Waals surface area contributed by atoms with Gasteiger partial charge in [0, 0.05) is 12.6 Å². The van der Waals surface area contributed by atoms with E-state index in [-0.39, 0.29) is 18.5 Å². The Morgan fingerprint density at radius 3 is 2.14 bits per heavy atom. The van der Waals surface area contributed by atoms with E-state index in [9.17, 15) is 18.7 Å². The Hall–Kier alpha value is -2.27. The molecule has 21 heavy (non-hydrogen) atoms. The number of hydrogen-bond donors (Lipinski definition) is 2. The first kappa shape index (κ1) is 15.1. The van der Waals surface area contributed by atoms with Gasteiger partial charge < -0.3 is 10.8 Å². The van der Waals surface area contributed by atoms with Crippen LogP contribution in [0.25, 0.3) is 0 Å². The van der Waals surface area contributed by atoms with Crippen LogP contribution in [0.4, 0.5) is 8.78 Å². The second-order valence-corrected chi connectivity index (χ2v) is 4.91. The molecule has 0 spiro atoms. The summed E-state index contributed by atoms with van der Waals surface area (Å²) in [6.45, 7) is -0.264. The zero-order valence-corrected chi connectivity index (χ0v) is 11.2. The van der Waals surface area contributed by atoms with Crippen LogP contribution < -0.4 is 5.73 Å². The van der Waals surface area contributed by atoms with Gasteiger partial charge >= 0.3 is 5.97 Å². The van der Waals surface area contributed by atoms with Crippen LogP contribution in [-0.4, -0.2) is 17.6 Å². The summed E-state index contributed by atoms with van der Waals surface area (Å²) in [4.78, 5) is 11.8. The zero-order valence-electron chi connectivity index (χ0n) is 11.2. The third-order valence-electron chi connectivity index (χ3n) is 3.52. The van der Waals surface area contributed by atoms with Gasteiger partial charge in [-0.3, -0.25) is 4.79 Å². The molecule has 0 aliphatic rings. The SMILES string of the molecule is NCC(Cc1ccccc1)(C(=O)O)c1cc(F)cc(F)c1. The Morgan fingerprint density at radius 2 is 1.67 bits per heavy atom. The van der Waals surface area contributed by atoms with Crippen molar-refractivity contribution in [2.75, 3.05) is 6.54 Å². The minimum atomic E-state index is -1.57. The predicted molar refractivity (Wildman–Crippen MR) is 74.9 cm³/mol. The van der Waals surface area contributed by atoms with Crippen molar-refractivity contribution in [1.82, 2.24) is 0 Å². The van der Waals surface area contributed by atoms with E-state index in [4.69, 9.17) is 5.73 Å². The number of carboxylic acid groups (broad SMARTS) is 1. The average molecular weight is 291 g/mol. The van der Waals surface area contributed by atoms with E-state index >= 15 is 0 Å². The molecule has 3 nitrogen and oxygen atoms in total. The van der Waals surface area contributed by atoms with Gasteiger partial charge in [-0.05, 0) is 29.7 Å². The zero-order chi connectivity index (χ0) is 15.5. The number of aliphatic carboxylic acids is 1. The summed E-state index contributed by atoms with van der Waals surface area (Å²) in [6.07, 6.45) is 0.0581. The molecule has 0 saturated heterocycles. The van der Waals surface area contributed by atoms with Crippen molar-refractivity contribution in [3.05, 3.63) is 71.3 Å². The van der Waals surface area contributed by atoms with Crippen molar-refractivity contribution in [3.8, 4) is 0 Å². The maximum Gasteiger partial charge on any atom is 0.315 e. The van der Waals surface area contributed by atoms with Crippen molar-refractivity contribution in [1.29, 1.82) is 0 Å². The summed E-state index contributed by atoms with van der Waals surface area (Å²) in [5.41, 5.74) is 4.86. The summed E-state index contributed by atoms with van der Waals surface area (Å²) in [5, 5.41) is 9.60. The number of carbonyl (C=O) groups is 1. The van der Waals surface area contributed by atoms with Gasteiger partial charge in [0.2, 0.25) is 0 Å². The minimum absolute atomic E-state index is 0.0267. The van der Waals surface area contributed by atoms with Crippen LogP contribution in [0.1, 0.15) is 11.1 Å². The first-order chi connectivity index (χ1) is 9.98. The lowest BCUT2D eigenvalue weighted by molar-refractivity contribution is -0.143. The van der Waals surface area contributed by atoms with Gasteiger partial charge in [0.15, 0.2) is 0 Å². The lowest BCUT2D eigenvalue weighted by Crippen LogP contribution is -2.45. The van der Waals surface area contributed by atoms with Gasteiger partial charge in [-0.2, -0.15) is 0 Å². The fourth-order valence-electron chi connectivity index (χ4n) is 2.35. The van der Waals surface area contributed by atoms with Gasteiger partial charge in [0.25, 0.3) is 0 Å². The van der Waals surface area contributed by atoms with Crippen molar-refractivity contribution in [2.45, 2.75) is 11.8 Å². The van der Waals surface area contributed by atoms with Crippen molar-refractivity contribution in [2.24, 2.45) is 5.73 Å². The summed E-state index contributed by atoms with van der Waals surface area (Å²) < 4.78 is 26.8. The average Bonchev–Trinajstić information content (AvgIpc) is 2.44. The molecule has 0 radical (unpaired) electrons. The molecule has 5 heteroatoms. The van der Waals surface area contributed by atoms with Crippen LogP contribution in [-0.2, 0) is 16.6 Å². The van der Waals surface area contributed by atoms with Gasteiger partial charge in [-0.1, -0.05) is 30.3 Å². The summed E-state index contributed by atoms with van der Waals surface area (Å²) in [5.74, 6) is -2.85. The molecule has 0 aromatic heterocycles.